The molecule has 2 heterocycles. The summed E-state index contributed by atoms with van der Waals surface area (Å²) in [5.74, 6) is 0. The number of hydrogen-bond donors (Lipinski definition) is 0. The summed E-state index contributed by atoms with van der Waals surface area (Å²) >= 11 is 0. The number of amides is 1. The molecule has 1 fully saturated rings. The SMILES string of the molecule is C=CCC1(CCc2cn(S(=O)(=O)c3ccc(C)cc3)c3ccccc23)CCN(C(=O)OC(C)(C)C)CC1. The van der Waals surface area contributed by atoms with Crippen molar-refractivity contribution in [3.63, 3.8) is 0 Å². The van der Waals surface area contributed by atoms with Crippen molar-refractivity contribution in [1.29, 1.82) is 0 Å². The minimum absolute atomic E-state index is 0.0132. The van der Waals surface area contributed by atoms with Crippen LogP contribution in [-0.2, 0) is 21.2 Å². The highest BCUT2D eigenvalue weighted by Crippen LogP contribution is 2.41. The van der Waals surface area contributed by atoms with E-state index in [0.29, 0.717) is 18.6 Å². The molecule has 6 nitrogen and oxygen atoms in total. The molecule has 0 N–H and O–H groups in total. The van der Waals surface area contributed by atoms with Crippen molar-refractivity contribution in [2.45, 2.75) is 70.3 Å². The molecule has 0 bridgehead atoms. The van der Waals surface area contributed by atoms with Crippen molar-refractivity contribution in [3.8, 4) is 0 Å². The van der Waals surface area contributed by atoms with E-state index in [1.807, 2.05) is 70.2 Å². The van der Waals surface area contributed by atoms with Gasteiger partial charge in [-0.05, 0) is 89.0 Å². The van der Waals surface area contributed by atoms with Crippen LogP contribution < -0.4 is 0 Å². The van der Waals surface area contributed by atoms with Gasteiger partial charge in [-0.25, -0.2) is 17.2 Å². The highest BCUT2D eigenvalue weighted by atomic mass is 32.2. The number of para-hydroxylation sites is 1. The number of fused-ring (bicyclic) bond motifs is 1. The minimum atomic E-state index is -3.72. The van der Waals surface area contributed by atoms with Crippen LogP contribution in [0, 0.1) is 12.3 Å². The molecule has 0 unspecified atom stereocenters. The van der Waals surface area contributed by atoms with E-state index in [0.717, 1.165) is 48.6 Å². The highest BCUT2D eigenvalue weighted by Gasteiger charge is 2.36. The molecule has 1 saturated heterocycles. The van der Waals surface area contributed by atoms with Crippen LogP contribution in [0.25, 0.3) is 10.9 Å². The van der Waals surface area contributed by atoms with Crippen LogP contribution in [-0.4, -0.2) is 42.1 Å². The molecule has 37 heavy (non-hydrogen) atoms. The van der Waals surface area contributed by atoms with Crippen molar-refractivity contribution in [3.05, 3.63) is 78.5 Å². The first-order valence-corrected chi connectivity index (χ1v) is 14.4. The van der Waals surface area contributed by atoms with Gasteiger partial charge in [0.05, 0.1) is 10.4 Å². The van der Waals surface area contributed by atoms with Gasteiger partial charge in [0.15, 0.2) is 0 Å². The fourth-order valence-corrected chi connectivity index (χ4v) is 6.58. The molecule has 3 aromatic rings. The first-order valence-electron chi connectivity index (χ1n) is 12.9. The third-order valence-electron chi connectivity index (χ3n) is 7.32. The fraction of sp³-hybridized carbons (Fsp3) is 0.433. The average molecular weight is 523 g/mol. The van der Waals surface area contributed by atoms with Crippen molar-refractivity contribution in [2.24, 2.45) is 5.41 Å². The summed E-state index contributed by atoms with van der Waals surface area (Å²) in [6.07, 6.45) is 7.71. The van der Waals surface area contributed by atoms with E-state index in [1.54, 1.807) is 23.2 Å². The molecule has 7 heteroatoms. The Labute approximate surface area is 221 Å². The van der Waals surface area contributed by atoms with Crippen molar-refractivity contribution >= 4 is 27.0 Å². The Bertz CT molecular complexity index is 1370. The van der Waals surface area contributed by atoms with Gasteiger partial charge in [0, 0.05) is 24.7 Å². The number of likely N-dealkylation sites (tertiary alicyclic amines) is 1. The maximum Gasteiger partial charge on any atom is 0.410 e. The summed E-state index contributed by atoms with van der Waals surface area (Å²) in [7, 11) is -3.72. The van der Waals surface area contributed by atoms with Crippen LogP contribution in [0.2, 0.25) is 0 Å². The summed E-state index contributed by atoms with van der Waals surface area (Å²) < 4.78 is 34.1. The van der Waals surface area contributed by atoms with Crippen molar-refractivity contribution in [2.75, 3.05) is 13.1 Å². The number of ether oxygens (including phenoxy) is 1. The second-order valence-electron chi connectivity index (χ2n) is 11.2. The van der Waals surface area contributed by atoms with Crippen molar-refractivity contribution < 1.29 is 17.9 Å². The number of aromatic nitrogens is 1. The number of carbonyl (C=O) groups excluding carboxylic acids is 1. The van der Waals surface area contributed by atoms with Crippen LogP contribution >= 0.6 is 0 Å². The zero-order valence-electron chi connectivity index (χ0n) is 22.4. The lowest BCUT2D eigenvalue weighted by atomic mass is 9.72. The lowest BCUT2D eigenvalue weighted by Gasteiger charge is -2.42. The smallest absolute Gasteiger partial charge is 0.410 e. The first kappa shape index (κ1) is 27.0. The number of piperidine rings is 1. The summed E-state index contributed by atoms with van der Waals surface area (Å²) in [6, 6.07) is 14.7. The largest absolute Gasteiger partial charge is 0.444 e. The summed E-state index contributed by atoms with van der Waals surface area (Å²) in [6.45, 7) is 12.9. The van der Waals surface area contributed by atoms with E-state index in [-0.39, 0.29) is 16.4 Å². The summed E-state index contributed by atoms with van der Waals surface area (Å²) in [4.78, 5) is 14.6. The van der Waals surface area contributed by atoms with E-state index in [2.05, 4.69) is 6.58 Å². The van der Waals surface area contributed by atoms with E-state index in [1.165, 1.54) is 3.97 Å². The van der Waals surface area contributed by atoms with Crippen LogP contribution in [0.15, 0.2) is 72.3 Å². The van der Waals surface area contributed by atoms with Crippen LogP contribution in [0.1, 0.15) is 57.6 Å². The third kappa shape index (κ3) is 5.93. The predicted octanol–water partition coefficient (Wildman–Crippen LogP) is 6.71. The number of rotatable bonds is 7. The van der Waals surface area contributed by atoms with E-state index < -0.39 is 15.6 Å². The Morgan fingerprint density at radius 1 is 1.08 bits per heavy atom. The Hall–Kier alpha value is -3.06. The molecule has 2 aromatic carbocycles. The minimum Gasteiger partial charge on any atom is -0.444 e. The fourth-order valence-electron chi connectivity index (χ4n) is 5.19. The molecule has 198 valence electrons. The number of nitrogens with zero attached hydrogens (tertiary/aromatic N) is 2. The maximum absolute atomic E-state index is 13.5. The molecule has 0 atom stereocenters. The number of carbonyl (C=O) groups is 1. The van der Waals surface area contributed by atoms with Gasteiger partial charge >= 0.3 is 6.09 Å². The van der Waals surface area contributed by atoms with Crippen molar-refractivity contribution in [1.82, 2.24) is 8.87 Å². The Morgan fingerprint density at radius 3 is 2.35 bits per heavy atom. The quantitative estimate of drug-likeness (QED) is 0.323. The Balaban J connectivity index is 1.56. The van der Waals surface area contributed by atoms with Gasteiger partial charge in [-0.3, -0.25) is 0 Å². The monoisotopic (exact) mass is 522 g/mol. The molecule has 4 rings (SSSR count). The number of hydrogen-bond acceptors (Lipinski definition) is 4. The van der Waals surface area contributed by atoms with Gasteiger partial charge in [0.25, 0.3) is 10.0 Å². The zero-order chi connectivity index (χ0) is 26.8. The normalized spacial score (nSPS) is 16.1. The molecule has 1 amide bonds. The lowest BCUT2D eigenvalue weighted by Crippen LogP contribution is -2.45. The topological polar surface area (TPSA) is 68.6 Å². The molecular formula is C30H38N2O4S. The molecule has 0 aliphatic carbocycles. The van der Waals surface area contributed by atoms with E-state index in [4.69, 9.17) is 4.74 Å². The van der Waals surface area contributed by atoms with E-state index >= 15 is 0 Å². The second kappa shape index (κ2) is 10.4. The molecule has 1 aliphatic heterocycles. The zero-order valence-corrected chi connectivity index (χ0v) is 23.2. The van der Waals surface area contributed by atoms with E-state index in [9.17, 15) is 13.2 Å². The lowest BCUT2D eigenvalue weighted by molar-refractivity contribution is 0.00923. The number of allylic oxidation sites excluding steroid dienone is 1. The number of benzene rings is 2. The van der Waals surface area contributed by atoms with Crippen LogP contribution in [0.5, 0.6) is 0 Å². The molecule has 0 saturated carbocycles. The summed E-state index contributed by atoms with van der Waals surface area (Å²) in [5, 5.41) is 0.957. The first-order chi connectivity index (χ1) is 17.4. The molecule has 0 spiro atoms. The third-order valence-corrected chi connectivity index (χ3v) is 9.00. The highest BCUT2D eigenvalue weighted by molar-refractivity contribution is 7.90. The Morgan fingerprint density at radius 2 is 1.73 bits per heavy atom. The molecule has 0 radical (unpaired) electrons. The molecule has 1 aromatic heterocycles. The maximum atomic E-state index is 13.5. The van der Waals surface area contributed by atoms with Crippen LogP contribution in [0.4, 0.5) is 4.79 Å². The number of aryl methyl sites for hydroxylation is 2. The van der Waals surface area contributed by atoms with Gasteiger partial charge < -0.3 is 9.64 Å². The predicted molar refractivity (Wildman–Crippen MR) is 148 cm³/mol. The molecular weight excluding hydrogens is 484 g/mol. The van der Waals surface area contributed by atoms with Gasteiger partial charge in [-0.15, -0.1) is 6.58 Å². The standard InChI is InChI=1S/C30H38N2O4S/c1-6-16-30(18-20-31(21-19-30)28(33)36-29(3,4)5)17-15-24-22-32(27-10-8-7-9-26(24)27)37(34,35)25-13-11-23(2)12-14-25/h6-14,22H,1,15-21H2,2-5H3. The van der Waals surface area contributed by atoms with Crippen LogP contribution in [0.3, 0.4) is 0 Å². The van der Waals surface area contributed by atoms with Gasteiger partial charge in [-0.2, -0.15) is 0 Å². The van der Waals surface area contributed by atoms with Gasteiger partial charge in [-0.1, -0.05) is 42.0 Å². The second-order valence-corrected chi connectivity index (χ2v) is 13.1. The molecule has 1 aliphatic rings. The van der Waals surface area contributed by atoms with Gasteiger partial charge in [0.2, 0.25) is 0 Å². The average Bonchev–Trinajstić information content (AvgIpc) is 3.22. The Kier molecular flexibility index (Phi) is 7.56. The summed E-state index contributed by atoms with van der Waals surface area (Å²) in [5.41, 5.74) is 2.22. The van der Waals surface area contributed by atoms with Gasteiger partial charge in [0.1, 0.15) is 5.60 Å².